The lowest BCUT2D eigenvalue weighted by Crippen LogP contribution is -2.18. The summed E-state index contributed by atoms with van der Waals surface area (Å²) in [6.07, 6.45) is 6.82. The summed E-state index contributed by atoms with van der Waals surface area (Å²) in [5, 5.41) is 0. The Morgan fingerprint density at radius 1 is 1.12 bits per heavy atom. The van der Waals surface area contributed by atoms with Crippen molar-refractivity contribution in [3.05, 3.63) is 46.5 Å². The second-order valence-electron chi connectivity index (χ2n) is 4.74. The second kappa shape index (κ2) is 3.85. The summed E-state index contributed by atoms with van der Waals surface area (Å²) in [4.78, 5) is 11.2. The highest BCUT2D eigenvalue weighted by atomic mass is 79.9. The van der Waals surface area contributed by atoms with Gasteiger partial charge in [-0.05, 0) is 36.0 Å². The molecule has 2 aliphatic rings. The van der Waals surface area contributed by atoms with Gasteiger partial charge in [0.2, 0.25) is 0 Å². The Bertz CT molecular complexity index is 435. The Kier molecular flexibility index (Phi) is 2.47. The number of benzene rings is 1. The third-order valence-electron chi connectivity index (χ3n) is 3.93. The Labute approximate surface area is 104 Å². The molecule has 0 radical (unpaired) electrons. The van der Waals surface area contributed by atoms with Crippen molar-refractivity contribution in [2.75, 3.05) is 0 Å². The third kappa shape index (κ3) is 1.47. The first-order chi connectivity index (χ1) is 7.79. The Morgan fingerprint density at radius 3 is 2.50 bits per heavy atom. The van der Waals surface area contributed by atoms with Crippen LogP contribution in [0.15, 0.2) is 40.9 Å². The largest absolute Gasteiger partial charge is 0.303 e. The van der Waals surface area contributed by atoms with Crippen LogP contribution < -0.4 is 0 Å². The lowest BCUT2D eigenvalue weighted by molar-refractivity contribution is -0.112. The lowest BCUT2D eigenvalue weighted by Gasteiger charge is -2.24. The van der Waals surface area contributed by atoms with Crippen LogP contribution in [0.1, 0.15) is 17.9 Å². The number of rotatable bonds is 2. The monoisotopic (exact) mass is 276 g/mol. The van der Waals surface area contributed by atoms with Crippen molar-refractivity contribution in [2.45, 2.75) is 12.3 Å². The summed E-state index contributed by atoms with van der Waals surface area (Å²) in [6.45, 7) is 0. The maximum atomic E-state index is 11.2. The predicted molar refractivity (Wildman–Crippen MR) is 67.2 cm³/mol. The number of halogens is 1. The topological polar surface area (TPSA) is 17.1 Å². The van der Waals surface area contributed by atoms with E-state index in [4.69, 9.17) is 0 Å². The van der Waals surface area contributed by atoms with E-state index in [1.165, 1.54) is 5.56 Å². The highest BCUT2D eigenvalue weighted by Gasteiger charge is 2.44. The van der Waals surface area contributed by atoms with Crippen molar-refractivity contribution in [1.82, 2.24) is 0 Å². The molecule has 1 saturated carbocycles. The van der Waals surface area contributed by atoms with E-state index in [1.54, 1.807) is 0 Å². The molecule has 2 bridgehead atoms. The van der Waals surface area contributed by atoms with Gasteiger partial charge in [-0.15, -0.1) is 0 Å². The van der Waals surface area contributed by atoms with E-state index >= 15 is 0 Å². The van der Waals surface area contributed by atoms with E-state index in [0.29, 0.717) is 17.8 Å². The standard InChI is InChI=1S/C14H13BrO/c15-12-5-3-9(4-6-12)14-11-2-1-10(7-11)13(14)8-16/h1-6,8,10-11,13-14H,7H2/t10?,11?,13-,14-/m1/s1. The molecule has 16 heavy (non-hydrogen) atoms. The maximum absolute atomic E-state index is 11.2. The molecule has 0 aliphatic heterocycles. The third-order valence-corrected chi connectivity index (χ3v) is 4.46. The lowest BCUT2D eigenvalue weighted by atomic mass is 9.79. The molecule has 82 valence electrons. The summed E-state index contributed by atoms with van der Waals surface area (Å²) in [7, 11) is 0. The van der Waals surface area contributed by atoms with Crippen molar-refractivity contribution < 1.29 is 4.79 Å². The fourth-order valence-electron chi connectivity index (χ4n) is 3.20. The maximum Gasteiger partial charge on any atom is 0.124 e. The van der Waals surface area contributed by atoms with Gasteiger partial charge < -0.3 is 4.79 Å². The second-order valence-corrected chi connectivity index (χ2v) is 5.65. The zero-order chi connectivity index (χ0) is 11.1. The molecule has 4 atom stereocenters. The molecule has 2 unspecified atom stereocenters. The van der Waals surface area contributed by atoms with Crippen LogP contribution in [0.4, 0.5) is 0 Å². The fourth-order valence-corrected chi connectivity index (χ4v) is 3.46. The number of aldehydes is 1. The fraction of sp³-hybridized carbons (Fsp3) is 0.357. The minimum Gasteiger partial charge on any atom is -0.303 e. The minimum absolute atomic E-state index is 0.191. The molecule has 0 heterocycles. The molecule has 0 amide bonds. The molecule has 2 aliphatic carbocycles. The summed E-state index contributed by atoms with van der Waals surface area (Å²) in [6, 6.07) is 8.40. The number of carbonyl (C=O) groups excluding carboxylic acids is 1. The highest BCUT2D eigenvalue weighted by Crippen LogP contribution is 2.52. The molecular formula is C14H13BrO. The molecule has 0 spiro atoms. The van der Waals surface area contributed by atoms with Crippen LogP contribution in [0.3, 0.4) is 0 Å². The van der Waals surface area contributed by atoms with Gasteiger partial charge in [0, 0.05) is 16.3 Å². The predicted octanol–water partition coefficient (Wildman–Crippen LogP) is 3.55. The van der Waals surface area contributed by atoms with Gasteiger partial charge in [0.1, 0.15) is 6.29 Å². The minimum atomic E-state index is 0.191. The van der Waals surface area contributed by atoms with Gasteiger partial charge in [-0.25, -0.2) is 0 Å². The van der Waals surface area contributed by atoms with Gasteiger partial charge >= 0.3 is 0 Å². The van der Waals surface area contributed by atoms with Gasteiger partial charge in [-0.3, -0.25) is 0 Å². The van der Waals surface area contributed by atoms with Crippen LogP contribution >= 0.6 is 15.9 Å². The summed E-state index contributed by atoms with van der Waals surface area (Å²) in [5.41, 5.74) is 1.30. The molecule has 0 aromatic heterocycles. The van der Waals surface area contributed by atoms with E-state index < -0.39 is 0 Å². The van der Waals surface area contributed by atoms with E-state index in [0.717, 1.165) is 17.2 Å². The van der Waals surface area contributed by atoms with E-state index in [9.17, 15) is 4.79 Å². The van der Waals surface area contributed by atoms with Crippen molar-refractivity contribution in [3.8, 4) is 0 Å². The van der Waals surface area contributed by atoms with Crippen LogP contribution in [0, 0.1) is 17.8 Å². The zero-order valence-electron chi connectivity index (χ0n) is 8.84. The van der Waals surface area contributed by atoms with Crippen LogP contribution in [0.5, 0.6) is 0 Å². The first-order valence-corrected chi connectivity index (χ1v) is 6.48. The highest BCUT2D eigenvalue weighted by molar-refractivity contribution is 9.10. The Hall–Kier alpha value is -0.890. The molecule has 3 rings (SSSR count). The van der Waals surface area contributed by atoms with Gasteiger partial charge in [-0.2, -0.15) is 0 Å². The van der Waals surface area contributed by atoms with Gasteiger partial charge in [0.05, 0.1) is 0 Å². The molecule has 1 fully saturated rings. The van der Waals surface area contributed by atoms with Crippen molar-refractivity contribution in [3.63, 3.8) is 0 Å². The SMILES string of the molecule is O=C[C@@H]1C2C=CC(C2)[C@H]1c1ccc(Br)cc1. The molecule has 1 aromatic rings. The molecule has 0 saturated heterocycles. The molecule has 0 N–H and O–H groups in total. The number of hydrogen-bond acceptors (Lipinski definition) is 1. The molecular weight excluding hydrogens is 264 g/mol. The first kappa shape index (κ1) is 10.3. The normalized spacial score (nSPS) is 35.6. The average molecular weight is 277 g/mol. The summed E-state index contributed by atoms with van der Waals surface area (Å²) >= 11 is 3.44. The number of hydrogen-bond donors (Lipinski definition) is 0. The van der Waals surface area contributed by atoms with E-state index in [1.807, 2.05) is 0 Å². The number of allylic oxidation sites excluding steroid dienone is 2. The van der Waals surface area contributed by atoms with E-state index in [2.05, 4.69) is 52.3 Å². The van der Waals surface area contributed by atoms with Crippen LogP contribution in [0.2, 0.25) is 0 Å². The van der Waals surface area contributed by atoms with Gasteiger partial charge in [-0.1, -0.05) is 40.2 Å². The molecule has 2 heteroatoms. The Morgan fingerprint density at radius 2 is 1.81 bits per heavy atom. The van der Waals surface area contributed by atoms with Crippen LogP contribution in [-0.4, -0.2) is 6.29 Å². The van der Waals surface area contributed by atoms with Crippen molar-refractivity contribution >= 4 is 22.2 Å². The van der Waals surface area contributed by atoms with Crippen molar-refractivity contribution in [1.29, 1.82) is 0 Å². The van der Waals surface area contributed by atoms with Gasteiger partial charge in [0.15, 0.2) is 0 Å². The molecule has 1 aromatic carbocycles. The van der Waals surface area contributed by atoms with Crippen molar-refractivity contribution in [2.24, 2.45) is 17.8 Å². The molecule has 1 nitrogen and oxygen atoms in total. The Balaban J connectivity index is 1.97. The summed E-state index contributed by atoms with van der Waals surface area (Å²) < 4.78 is 1.10. The summed E-state index contributed by atoms with van der Waals surface area (Å²) in [5.74, 6) is 1.65. The van der Waals surface area contributed by atoms with E-state index in [-0.39, 0.29) is 5.92 Å². The van der Waals surface area contributed by atoms with Crippen LogP contribution in [0.25, 0.3) is 0 Å². The number of fused-ring (bicyclic) bond motifs is 2. The van der Waals surface area contributed by atoms with Crippen LogP contribution in [-0.2, 0) is 4.79 Å². The van der Waals surface area contributed by atoms with Gasteiger partial charge in [0.25, 0.3) is 0 Å². The average Bonchev–Trinajstić information content (AvgIpc) is 2.89. The quantitative estimate of drug-likeness (QED) is 0.596. The first-order valence-electron chi connectivity index (χ1n) is 5.68. The smallest absolute Gasteiger partial charge is 0.124 e. The number of carbonyl (C=O) groups is 1. The zero-order valence-corrected chi connectivity index (χ0v) is 10.4.